The van der Waals surface area contributed by atoms with Gasteiger partial charge in [-0.1, -0.05) is 34.8 Å². The summed E-state index contributed by atoms with van der Waals surface area (Å²) in [5, 5.41) is 4.01. The molecule has 1 aliphatic heterocycles. The van der Waals surface area contributed by atoms with Gasteiger partial charge < -0.3 is 15.0 Å². The van der Waals surface area contributed by atoms with Gasteiger partial charge in [0.05, 0.1) is 23.4 Å². The van der Waals surface area contributed by atoms with Crippen molar-refractivity contribution in [3.05, 3.63) is 57.0 Å². The van der Waals surface area contributed by atoms with E-state index in [1.807, 2.05) is 0 Å². The van der Waals surface area contributed by atoms with Gasteiger partial charge in [0.2, 0.25) is 5.91 Å². The molecule has 0 aromatic heterocycles. The molecule has 0 bridgehead atoms. The number of hydrogen-bond acceptors (Lipinski definition) is 3. The highest BCUT2D eigenvalue weighted by molar-refractivity contribution is 6.36. The number of halogens is 3. The molecule has 142 valence electrons. The molecule has 1 saturated heterocycles. The zero-order valence-electron chi connectivity index (χ0n) is 14.5. The van der Waals surface area contributed by atoms with E-state index < -0.39 is 6.04 Å². The Morgan fingerprint density at radius 3 is 2.52 bits per heavy atom. The van der Waals surface area contributed by atoms with Crippen molar-refractivity contribution in [3.8, 4) is 5.75 Å². The molecule has 1 aliphatic rings. The van der Waals surface area contributed by atoms with Crippen LogP contribution in [0.3, 0.4) is 0 Å². The zero-order chi connectivity index (χ0) is 19.6. The number of hydrogen-bond donors (Lipinski definition) is 1. The monoisotopic (exact) mass is 426 g/mol. The summed E-state index contributed by atoms with van der Waals surface area (Å²) in [6.45, 7) is 0.473. The lowest BCUT2D eigenvalue weighted by Gasteiger charge is -2.25. The second kappa shape index (κ2) is 8.38. The number of carbonyl (C=O) groups is 2. The summed E-state index contributed by atoms with van der Waals surface area (Å²) in [5.41, 5.74) is 0.778. The van der Waals surface area contributed by atoms with E-state index in [1.165, 1.54) is 12.0 Å². The molecule has 0 aliphatic carbocycles. The molecule has 1 N–H and O–H groups in total. The Morgan fingerprint density at radius 1 is 1.11 bits per heavy atom. The maximum atomic E-state index is 13.0. The molecule has 2 aromatic rings. The largest absolute Gasteiger partial charge is 0.496 e. The number of ether oxygens (including phenoxy) is 1. The lowest BCUT2D eigenvalue weighted by atomic mass is 10.1. The lowest BCUT2D eigenvalue weighted by molar-refractivity contribution is -0.119. The van der Waals surface area contributed by atoms with Crippen molar-refractivity contribution in [2.45, 2.75) is 18.9 Å². The molecule has 27 heavy (non-hydrogen) atoms. The fourth-order valence-corrected chi connectivity index (χ4v) is 3.72. The van der Waals surface area contributed by atoms with Crippen molar-refractivity contribution in [2.75, 3.05) is 19.0 Å². The van der Waals surface area contributed by atoms with Gasteiger partial charge in [-0.3, -0.25) is 9.59 Å². The highest BCUT2D eigenvalue weighted by atomic mass is 35.5. The maximum absolute atomic E-state index is 13.0. The van der Waals surface area contributed by atoms with Gasteiger partial charge in [-0.2, -0.15) is 0 Å². The number of rotatable bonds is 4. The highest BCUT2D eigenvalue weighted by Crippen LogP contribution is 2.30. The first-order valence-corrected chi connectivity index (χ1v) is 9.44. The summed E-state index contributed by atoms with van der Waals surface area (Å²) in [7, 11) is 1.48. The van der Waals surface area contributed by atoms with Crippen LogP contribution in [0.1, 0.15) is 23.2 Å². The normalized spacial score (nSPS) is 16.3. The Hall–Kier alpha value is -1.95. The summed E-state index contributed by atoms with van der Waals surface area (Å²) in [5.74, 6) is -0.184. The Bertz CT molecular complexity index is 888. The number of carbonyl (C=O) groups excluding carboxylic acids is 2. The third-order valence-corrected chi connectivity index (χ3v) is 5.18. The van der Waals surface area contributed by atoms with Crippen LogP contribution < -0.4 is 10.1 Å². The van der Waals surface area contributed by atoms with Crippen molar-refractivity contribution < 1.29 is 14.3 Å². The number of nitrogens with zero attached hydrogens (tertiary/aromatic N) is 1. The summed E-state index contributed by atoms with van der Waals surface area (Å²) < 4.78 is 5.26. The van der Waals surface area contributed by atoms with Crippen molar-refractivity contribution in [1.29, 1.82) is 0 Å². The van der Waals surface area contributed by atoms with Crippen molar-refractivity contribution in [1.82, 2.24) is 4.90 Å². The molecule has 1 fully saturated rings. The van der Waals surface area contributed by atoms with Gasteiger partial charge >= 0.3 is 0 Å². The molecule has 0 radical (unpaired) electrons. The first-order valence-electron chi connectivity index (χ1n) is 8.31. The molecule has 0 saturated carbocycles. The average molecular weight is 428 g/mol. The molecule has 5 nitrogen and oxygen atoms in total. The minimum atomic E-state index is -0.604. The molecule has 1 unspecified atom stereocenters. The molecule has 2 amide bonds. The van der Waals surface area contributed by atoms with Crippen LogP contribution >= 0.6 is 34.8 Å². The molecule has 1 atom stereocenters. The van der Waals surface area contributed by atoms with Crippen molar-refractivity contribution >= 4 is 52.3 Å². The van der Waals surface area contributed by atoms with Gasteiger partial charge in [-0.15, -0.1) is 0 Å². The first-order chi connectivity index (χ1) is 12.9. The van der Waals surface area contributed by atoms with Crippen molar-refractivity contribution in [2.24, 2.45) is 0 Å². The van der Waals surface area contributed by atoms with E-state index in [2.05, 4.69) is 5.32 Å². The minimum absolute atomic E-state index is 0.297. The van der Waals surface area contributed by atoms with Crippen LogP contribution in [0.4, 0.5) is 5.69 Å². The smallest absolute Gasteiger partial charge is 0.258 e. The van der Waals surface area contributed by atoms with E-state index >= 15 is 0 Å². The number of nitrogens with one attached hydrogen (secondary N) is 1. The second-order valence-electron chi connectivity index (χ2n) is 6.11. The SMILES string of the molecule is COc1ccc(Cl)cc1C(=O)N1CCCC1C(=O)Nc1ccc(Cl)cc1Cl. The van der Waals surface area contributed by atoms with Crippen LogP contribution in [0.15, 0.2) is 36.4 Å². The second-order valence-corrected chi connectivity index (χ2v) is 7.39. The predicted octanol–water partition coefficient (Wildman–Crippen LogP) is 4.90. The summed E-state index contributed by atoms with van der Waals surface area (Å²) in [6, 6.07) is 9.04. The standard InChI is InChI=1S/C19H17Cl3N2O3/c1-27-17-7-5-11(20)9-13(17)19(26)24-8-2-3-16(24)18(25)23-15-6-4-12(21)10-14(15)22/h4-7,9-10,16H,2-3,8H2,1H3,(H,23,25). The number of anilines is 1. The van der Waals surface area contributed by atoms with Gasteiger partial charge in [-0.05, 0) is 49.2 Å². The predicted molar refractivity (Wildman–Crippen MR) is 107 cm³/mol. The molecular formula is C19H17Cl3N2O3. The molecule has 1 heterocycles. The fraction of sp³-hybridized carbons (Fsp3) is 0.263. The number of benzene rings is 2. The van der Waals surface area contributed by atoms with E-state index in [1.54, 1.807) is 36.4 Å². The minimum Gasteiger partial charge on any atom is -0.496 e. The Morgan fingerprint density at radius 2 is 1.81 bits per heavy atom. The highest BCUT2D eigenvalue weighted by Gasteiger charge is 2.35. The quantitative estimate of drug-likeness (QED) is 0.755. The lowest BCUT2D eigenvalue weighted by Crippen LogP contribution is -2.43. The molecule has 2 aromatic carbocycles. The van der Waals surface area contributed by atoms with Gasteiger partial charge in [-0.25, -0.2) is 0 Å². The number of likely N-dealkylation sites (tertiary alicyclic amines) is 1. The average Bonchev–Trinajstić information content (AvgIpc) is 3.13. The van der Waals surface area contributed by atoms with Crippen LogP contribution in [0.2, 0.25) is 15.1 Å². The first kappa shape index (κ1) is 19.8. The summed E-state index contributed by atoms with van der Waals surface area (Å²) in [4.78, 5) is 27.3. The van der Waals surface area contributed by atoms with Gasteiger partial charge in [0.15, 0.2) is 0 Å². The molecule has 8 heteroatoms. The Labute approximate surface area is 172 Å². The van der Waals surface area contributed by atoms with Crippen molar-refractivity contribution in [3.63, 3.8) is 0 Å². The summed E-state index contributed by atoms with van der Waals surface area (Å²) >= 11 is 18.0. The van der Waals surface area contributed by atoms with Crippen LogP contribution in [0.25, 0.3) is 0 Å². The Kier molecular flexibility index (Phi) is 6.15. The van der Waals surface area contributed by atoms with E-state index in [0.717, 1.165) is 6.42 Å². The molecule has 0 spiro atoms. The van der Waals surface area contributed by atoms with Crippen LogP contribution in [0.5, 0.6) is 5.75 Å². The number of amides is 2. The van der Waals surface area contributed by atoms with E-state index in [9.17, 15) is 9.59 Å². The molecular weight excluding hydrogens is 411 g/mol. The van der Waals surface area contributed by atoms with Crippen LogP contribution in [0, 0.1) is 0 Å². The van der Waals surface area contributed by atoms with Gasteiger partial charge in [0.1, 0.15) is 11.8 Å². The van der Waals surface area contributed by atoms with E-state index in [0.29, 0.717) is 45.0 Å². The number of methoxy groups -OCH3 is 1. The van der Waals surface area contributed by atoms with Gasteiger partial charge in [0, 0.05) is 16.6 Å². The van der Waals surface area contributed by atoms with Crippen LogP contribution in [-0.4, -0.2) is 36.4 Å². The van der Waals surface area contributed by atoms with Crippen LogP contribution in [-0.2, 0) is 4.79 Å². The van der Waals surface area contributed by atoms with E-state index in [-0.39, 0.29) is 11.8 Å². The zero-order valence-corrected chi connectivity index (χ0v) is 16.7. The fourth-order valence-electron chi connectivity index (χ4n) is 3.09. The maximum Gasteiger partial charge on any atom is 0.258 e. The Balaban J connectivity index is 1.81. The topological polar surface area (TPSA) is 58.6 Å². The van der Waals surface area contributed by atoms with Gasteiger partial charge in [0.25, 0.3) is 5.91 Å². The molecule has 3 rings (SSSR count). The third kappa shape index (κ3) is 4.32. The summed E-state index contributed by atoms with van der Waals surface area (Å²) in [6.07, 6.45) is 1.28. The third-order valence-electron chi connectivity index (χ3n) is 4.40. The van der Waals surface area contributed by atoms with E-state index in [4.69, 9.17) is 39.5 Å².